The molecule has 0 aliphatic rings. The van der Waals surface area contributed by atoms with Gasteiger partial charge >= 0.3 is 15.5 Å². The predicted molar refractivity (Wildman–Crippen MR) is 29.1 cm³/mol. The van der Waals surface area contributed by atoms with Gasteiger partial charge in [-0.3, -0.25) is 0 Å². The van der Waals surface area contributed by atoms with Crippen molar-refractivity contribution in [2.24, 2.45) is 11.0 Å². The van der Waals surface area contributed by atoms with Crippen LogP contribution in [0.25, 0.3) is 0 Å². The summed E-state index contributed by atoms with van der Waals surface area (Å²) in [5.41, 5.74) is 8.60. The number of rotatable bonds is 2. The fourth-order valence-electron chi connectivity index (χ4n) is 0.168. The van der Waals surface area contributed by atoms with Crippen LogP contribution in [0.5, 0.6) is 0 Å². The molecule has 9 heavy (non-hydrogen) atoms. The predicted octanol–water partition coefficient (Wildman–Crippen LogP) is -0.879. The van der Waals surface area contributed by atoms with Gasteiger partial charge in [-0.1, -0.05) is 0 Å². The molecule has 0 radical (unpaired) electrons. The first-order chi connectivity index (χ1) is 3.71. The van der Waals surface area contributed by atoms with E-state index in [-0.39, 0.29) is 0 Å². The lowest BCUT2D eigenvalue weighted by Gasteiger charge is -2.06. The highest BCUT2D eigenvalue weighted by Gasteiger charge is 2.23. The van der Waals surface area contributed by atoms with E-state index >= 15 is 0 Å². The first kappa shape index (κ1) is 9.26. The molecular formula is H6N2O5P2. The van der Waals surface area contributed by atoms with Gasteiger partial charge < -0.3 is 9.79 Å². The van der Waals surface area contributed by atoms with Gasteiger partial charge in [0.25, 0.3) is 0 Å². The Balaban J connectivity index is 4.07. The van der Waals surface area contributed by atoms with E-state index in [9.17, 15) is 9.13 Å². The summed E-state index contributed by atoms with van der Waals surface area (Å²) >= 11 is 0. The summed E-state index contributed by atoms with van der Waals surface area (Å²) in [5, 5.41) is 0. The van der Waals surface area contributed by atoms with Crippen molar-refractivity contribution in [1.29, 1.82) is 0 Å². The molecular weight excluding hydrogens is 170 g/mol. The van der Waals surface area contributed by atoms with Gasteiger partial charge in [0.15, 0.2) is 0 Å². The minimum absolute atomic E-state index is 3.40. The lowest BCUT2D eigenvalue weighted by molar-refractivity contribution is 0.333. The van der Waals surface area contributed by atoms with Crippen molar-refractivity contribution in [3.05, 3.63) is 0 Å². The molecule has 56 valence electrons. The molecule has 9 heteroatoms. The maximum Gasteiger partial charge on any atom is 0.408 e. The Hall–Kier alpha value is 0.260. The van der Waals surface area contributed by atoms with E-state index in [1.807, 2.05) is 0 Å². The Bertz CT molecular complexity index is 153. The Morgan fingerprint density at radius 2 is 1.33 bits per heavy atom. The van der Waals surface area contributed by atoms with E-state index < -0.39 is 15.5 Å². The molecule has 2 atom stereocenters. The van der Waals surface area contributed by atoms with Gasteiger partial charge in [-0.05, 0) is 0 Å². The molecule has 0 heterocycles. The summed E-state index contributed by atoms with van der Waals surface area (Å²) in [7, 11) is -8.85. The minimum atomic E-state index is -4.43. The van der Waals surface area contributed by atoms with Crippen molar-refractivity contribution in [3.8, 4) is 0 Å². The Labute approximate surface area is 50.8 Å². The van der Waals surface area contributed by atoms with Crippen LogP contribution in [0.3, 0.4) is 0 Å². The SMILES string of the molecule is NP(=O)(O)OP(N)(=O)O. The van der Waals surface area contributed by atoms with Gasteiger partial charge in [0.1, 0.15) is 0 Å². The lowest BCUT2D eigenvalue weighted by atomic mass is 13.9. The molecule has 0 rings (SSSR count). The van der Waals surface area contributed by atoms with E-state index in [0.29, 0.717) is 0 Å². The second kappa shape index (κ2) is 2.48. The van der Waals surface area contributed by atoms with Gasteiger partial charge in [0, 0.05) is 0 Å². The first-order valence-corrected chi connectivity index (χ1v) is 4.94. The Morgan fingerprint density at radius 1 is 1.11 bits per heavy atom. The highest BCUT2D eigenvalue weighted by molar-refractivity contribution is 7.63. The van der Waals surface area contributed by atoms with Crippen molar-refractivity contribution >= 4 is 15.5 Å². The maximum atomic E-state index is 9.93. The fourth-order valence-corrected chi connectivity index (χ4v) is 1.51. The van der Waals surface area contributed by atoms with Gasteiger partial charge in [-0.15, -0.1) is 0 Å². The molecule has 0 aromatic carbocycles. The van der Waals surface area contributed by atoms with Crippen LogP contribution in [0.2, 0.25) is 0 Å². The zero-order valence-electron chi connectivity index (χ0n) is 4.17. The summed E-state index contributed by atoms with van der Waals surface area (Å²) in [6.45, 7) is 0. The number of hydrogen-bond donors (Lipinski definition) is 4. The molecule has 0 fully saturated rings. The quantitative estimate of drug-likeness (QED) is 0.401. The van der Waals surface area contributed by atoms with Gasteiger partial charge in [-0.2, -0.15) is 0 Å². The summed E-state index contributed by atoms with van der Waals surface area (Å²) in [6.07, 6.45) is 0. The lowest BCUT2D eigenvalue weighted by Crippen LogP contribution is -2.01. The molecule has 0 aliphatic heterocycles. The first-order valence-electron chi connectivity index (χ1n) is 1.65. The fraction of sp³-hybridized carbons (Fsp3) is 0. The summed E-state index contributed by atoms with van der Waals surface area (Å²) in [4.78, 5) is 16.1. The molecule has 0 bridgehead atoms. The van der Waals surface area contributed by atoms with Crippen LogP contribution in [0.1, 0.15) is 0 Å². The van der Waals surface area contributed by atoms with E-state index in [2.05, 4.69) is 15.3 Å². The third kappa shape index (κ3) is 8.26. The third-order valence-electron chi connectivity index (χ3n) is 0.234. The molecule has 0 aromatic rings. The smallest absolute Gasteiger partial charge is 0.312 e. The number of hydrogen-bond acceptors (Lipinski definition) is 3. The zero-order chi connectivity index (χ0) is 7.71. The monoisotopic (exact) mass is 176 g/mol. The average molecular weight is 176 g/mol. The van der Waals surface area contributed by atoms with Crippen LogP contribution in [0, 0.1) is 0 Å². The van der Waals surface area contributed by atoms with Crippen molar-refractivity contribution in [3.63, 3.8) is 0 Å². The summed E-state index contributed by atoms with van der Waals surface area (Å²) < 4.78 is 23.3. The highest BCUT2D eigenvalue weighted by Crippen LogP contribution is 2.49. The van der Waals surface area contributed by atoms with Crippen LogP contribution >= 0.6 is 15.5 Å². The molecule has 0 spiro atoms. The molecule has 6 N–H and O–H groups in total. The van der Waals surface area contributed by atoms with E-state index in [1.165, 1.54) is 0 Å². The van der Waals surface area contributed by atoms with Crippen LogP contribution in [-0.2, 0) is 13.4 Å². The molecule has 0 saturated heterocycles. The normalized spacial score (nSPS) is 24.4. The molecule has 0 aliphatic carbocycles. The van der Waals surface area contributed by atoms with E-state index in [4.69, 9.17) is 9.79 Å². The van der Waals surface area contributed by atoms with Crippen LogP contribution < -0.4 is 11.0 Å². The van der Waals surface area contributed by atoms with Gasteiger partial charge in [0.2, 0.25) is 0 Å². The highest BCUT2D eigenvalue weighted by atomic mass is 31.3. The Kier molecular flexibility index (Phi) is 2.55. The van der Waals surface area contributed by atoms with Crippen LogP contribution in [0.15, 0.2) is 0 Å². The largest absolute Gasteiger partial charge is 0.408 e. The van der Waals surface area contributed by atoms with Crippen molar-refractivity contribution < 1.29 is 23.2 Å². The second-order valence-electron chi connectivity index (χ2n) is 1.21. The van der Waals surface area contributed by atoms with E-state index in [0.717, 1.165) is 0 Å². The molecule has 0 aromatic heterocycles. The standard InChI is InChI=1S/H6N2O5P2/c1-8(3,4)7-9(2,5)6/h(H3,1,3,4)(H3,2,5,6). The molecule has 2 unspecified atom stereocenters. The van der Waals surface area contributed by atoms with Crippen LogP contribution in [0.4, 0.5) is 0 Å². The molecule has 0 amide bonds. The summed E-state index contributed by atoms with van der Waals surface area (Å²) in [6, 6.07) is 0. The average Bonchev–Trinajstić information content (AvgIpc) is 1.14. The zero-order valence-corrected chi connectivity index (χ0v) is 5.96. The third-order valence-corrected chi connectivity index (χ3v) is 2.11. The molecule has 0 saturated carbocycles. The van der Waals surface area contributed by atoms with Gasteiger partial charge in [-0.25, -0.2) is 24.4 Å². The minimum Gasteiger partial charge on any atom is -0.312 e. The Morgan fingerprint density at radius 3 is 1.33 bits per heavy atom. The molecule has 7 nitrogen and oxygen atoms in total. The van der Waals surface area contributed by atoms with Crippen molar-refractivity contribution in [2.45, 2.75) is 0 Å². The van der Waals surface area contributed by atoms with Gasteiger partial charge in [0.05, 0.1) is 0 Å². The number of nitrogens with two attached hydrogens (primary N) is 2. The maximum absolute atomic E-state index is 9.93. The van der Waals surface area contributed by atoms with Crippen molar-refractivity contribution in [2.75, 3.05) is 0 Å². The topological polar surface area (TPSA) is 136 Å². The summed E-state index contributed by atoms with van der Waals surface area (Å²) in [5.74, 6) is 0. The van der Waals surface area contributed by atoms with E-state index in [1.54, 1.807) is 0 Å². The van der Waals surface area contributed by atoms with Crippen LogP contribution in [-0.4, -0.2) is 9.79 Å². The second-order valence-corrected chi connectivity index (χ2v) is 4.12. The van der Waals surface area contributed by atoms with Crippen molar-refractivity contribution in [1.82, 2.24) is 0 Å².